The highest BCUT2D eigenvalue weighted by molar-refractivity contribution is 6.33. The first-order valence-electron chi connectivity index (χ1n) is 7.97. The number of para-hydroxylation sites is 1. The molecular formula is C19H23ClN2O2. The molecule has 0 atom stereocenters. The maximum absolute atomic E-state index is 12.0. The van der Waals surface area contributed by atoms with E-state index in [1.54, 1.807) is 12.1 Å². The van der Waals surface area contributed by atoms with Gasteiger partial charge in [-0.3, -0.25) is 4.79 Å². The van der Waals surface area contributed by atoms with Crippen LogP contribution in [0, 0.1) is 6.92 Å². The average Bonchev–Trinajstić information content (AvgIpc) is 2.55. The number of nitrogens with zero attached hydrogens (tertiary/aromatic N) is 1. The number of nitrogens with one attached hydrogen (secondary N) is 1. The summed E-state index contributed by atoms with van der Waals surface area (Å²) in [6, 6.07) is 15.2. The molecule has 0 fully saturated rings. The number of hydrogen-bond acceptors (Lipinski definition) is 3. The van der Waals surface area contributed by atoms with Crippen molar-refractivity contribution in [2.75, 3.05) is 32.1 Å². The first-order valence-corrected chi connectivity index (χ1v) is 8.35. The van der Waals surface area contributed by atoms with E-state index in [0.29, 0.717) is 30.3 Å². The second-order valence-electron chi connectivity index (χ2n) is 5.75. The molecule has 0 saturated heterocycles. The van der Waals surface area contributed by atoms with Crippen LogP contribution in [-0.2, 0) is 4.79 Å². The average molecular weight is 347 g/mol. The Balaban J connectivity index is 1.66. The van der Waals surface area contributed by atoms with E-state index in [4.69, 9.17) is 16.3 Å². The summed E-state index contributed by atoms with van der Waals surface area (Å²) >= 11 is 6.03. The molecular weight excluding hydrogens is 324 g/mol. The molecule has 5 heteroatoms. The highest BCUT2D eigenvalue weighted by Crippen LogP contribution is 2.20. The lowest BCUT2D eigenvalue weighted by Gasteiger charge is -2.17. The molecule has 2 aromatic rings. The number of rotatable bonds is 8. The molecule has 0 radical (unpaired) electrons. The van der Waals surface area contributed by atoms with Crippen LogP contribution in [-0.4, -0.2) is 37.6 Å². The molecule has 2 rings (SSSR count). The largest absolute Gasteiger partial charge is 0.492 e. The van der Waals surface area contributed by atoms with Gasteiger partial charge < -0.3 is 15.0 Å². The second kappa shape index (κ2) is 9.30. The van der Waals surface area contributed by atoms with E-state index in [0.717, 1.165) is 12.3 Å². The summed E-state index contributed by atoms with van der Waals surface area (Å²) in [7, 11) is 1.97. The topological polar surface area (TPSA) is 41.6 Å². The van der Waals surface area contributed by atoms with Gasteiger partial charge in [0, 0.05) is 19.5 Å². The highest BCUT2D eigenvalue weighted by atomic mass is 35.5. The summed E-state index contributed by atoms with van der Waals surface area (Å²) in [6.07, 6.45) is 0.409. The van der Waals surface area contributed by atoms with E-state index >= 15 is 0 Å². The Hall–Kier alpha value is -2.04. The molecule has 1 N–H and O–H groups in total. The van der Waals surface area contributed by atoms with Crippen LogP contribution in [0.15, 0.2) is 48.5 Å². The van der Waals surface area contributed by atoms with Crippen molar-refractivity contribution in [1.82, 2.24) is 4.90 Å². The van der Waals surface area contributed by atoms with Gasteiger partial charge in [-0.05, 0) is 43.8 Å². The maximum Gasteiger partial charge on any atom is 0.225 e. The molecule has 24 heavy (non-hydrogen) atoms. The van der Waals surface area contributed by atoms with E-state index in [-0.39, 0.29) is 5.91 Å². The fourth-order valence-electron chi connectivity index (χ4n) is 2.20. The van der Waals surface area contributed by atoms with Gasteiger partial charge in [0.1, 0.15) is 12.4 Å². The molecule has 128 valence electrons. The monoisotopic (exact) mass is 346 g/mol. The molecule has 0 aliphatic carbocycles. The predicted molar refractivity (Wildman–Crippen MR) is 98.9 cm³/mol. The van der Waals surface area contributed by atoms with Crippen LogP contribution in [0.2, 0.25) is 5.02 Å². The van der Waals surface area contributed by atoms with Crippen molar-refractivity contribution < 1.29 is 9.53 Å². The maximum atomic E-state index is 12.0. The van der Waals surface area contributed by atoms with Crippen molar-refractivity contribution in [2.45, 2.75) is 13.3 Å². The number of hydrogen-bond donors (Lipinski definition) is 1. The summed E-state index contributed by atoms with van der Waals surface area (Å²) in [5.41, 5.74) is 1.83. The summed E-state index contributed by atoms with van der Waals surface area (Å²) < 4.78 is 5.72. The number of halogens is 1. The van der Waals surface area contributed by atoms with Crippen LogP contribution in [0.4, 0.5) is 5.69 Å². The number of carbonyl (C=O) groups is 1. The van der Waals surface area contributed by atoms with Gasteiger partial charge in [0.15, 0.2) is 0 Å². The van der Waals surface area contributed by atoms with Crippen LogP contribution in [0.25, 0.3) is 0 Å². The molecule has 0 heterocycles. The molecule has 2 aromatic carbocycles. The Morgan fingerprint density at radius 1 is 1.17 bits per heavy atom. The van der Waals surface area contributed by atoms with Crippen LogP contribution in [0.5, 0.6) is 5.75 Å². The van der Waals surface area contributed by atoms with E-state index in [1.807, 2.05) is 50.4 Å². The summed E-state index contributed by atoms with van der Waals surface area (Å²) in [5, 5.41) is 3.37. The van der Waals surface area contributed by atoms with Gasteiger partial charge in [-0.15, -0.1) is 0 Å². The van der Waals surface area contributed by atoms with Crippen LogP contribution in [0.1, 0.15) is 12.0 Å². The van der Waals surface area contributed by atoms with Crippen molar-refractivity contribution in [3.63, 3.8) is 0 Å². The first kappa shape index (κ1) is 18.3. The third-order valence-electron chi connectivity index (χ3n) is 3.60. The Morgan fingerprint density at radius 2 is 1.96 bits per heavy atom. The van der Waals surface area contributed by atoms with Crippen LogP contribution < -0.4 is 10.1 Å². The van der Waals surface area contributed by atoms with E-state index < -0.39 is 0 Å². The molecule has 0 aliphatic heterocycles. The second-order valence-corrected chi connectivity index (χ2v) is 6.15. The van der Waals surface area contributed by atoms with Crippen molar-refractivity contribution >= 4 is 23.2 Å². The minimum Gasteiger partial charge on any atom is -0.492 e. The smallest absolute Gasteiger partial charge is 0.225 e. The third-order valence-corrected chi connectivity index (χ3v) is 3.93. The normalized spacial score (nSPS) is 10.7. The number of benzene rings is 2. The standard InChI is InChI=1S/C19H23ClN2O2/c1-15-6-5-7-16(14-15)24-13-12-22(2)11-10-19(23)21-18-9-4-3-8-17(18)20/h3-9,14H,10-13H2,1-2H3,(H,21,23). The Labute approximate surface area is 148 Å². The van der Waals surface area contributed by atoms with Gasteiger partial charge in [0.25, 0.3) is 0 Å². The summed E-state index contributed by atoms with van der Waals surface area (Å²) in [4.78, 5) is 14.0. The van der Waals surface area contributed by atoms with Crippen LogP contribution >= 0.6 is 11.6 Å². The Kier molecular flexibility index (Phi) is 7.09. The third kappa shape index (κ3) is 6.22. The molecule has 0 saturated carbocycles. The van der Waals surface area contributed by atoms with E-state index in [2.05, 4.69) is 10.2 Å². The lowest BCUT2D eigenvalue weighted by Crippen LogP contribution is -2.28. The van der Waals surface area contributed by atoms with Crippen molar-refractivity contribution in [3.05, 3.63) is 59.1 Å². The van der Waals surface area contributed by atoms with Crippen molar-refractivity contribution in [3.8, 4) is 5.75 Å². The van der Waals surface area contributed by atoms with Crippen molar-refractivity contribution in [2.24, 2.45) is 0 Å². The van der Waals surface area contributed by atoms with Crippen LogP contribution in [0.3, 0.4) is 0 Å². The SMILES string of the molecule is Cc1cccc(OCCN(C)CCC(=O)Nc2ccccc2Cl)c1. The summed E-state index contributed by atoms with van der Waals surface area (Å²) in [6.45, 7) is 4.05. The van der Waals surface area contributed by atoms with Crippen molar-refractivity contribution in [1.29, 1.82) is 0 Å². The minimum absolute atomic E-state index is 0.0467. The lowest BCUT2D eigenvalue weighted by molar-refractivity contribution is -0.116. The summed E-state index contributed by atoms with van der Waals surface area (Å²) in [5.74, 6) is 0.828. The number of aryl methyl sites for hydroxylation is 1. The Morgan fingerprint density at radius 3 is 2.71 bits per heavy atom. The van der Waals surface area contributed by atoms with E-state index in [1.165, 1.54) is 5.56 Å². The number of carbonyl (C=O) groups excluding carboxylic acids is 1. The Bertz CT molecular complexity index is 676. The predicted octanol–water partition coefficient (Wildman–Crippen LogP) is 3.99. The zero-order valence-corrected chi connectivity index (χ0v) is 14.8. The molecule has 4 nitrogen and oxygen atoms in total. The first-order chi connectivity index (χ1) is 11.5. The molecule has 1 amide bonds. The molecule has 0 bridgehead atoms. The van der Waals surface area contributed by atoms with Gasteiger partial charge in [-0.1, -0.05) is 35.9 Å². The molecule has 0 spiro atoms. The zero-order valence-electron chi connectivity index (χ0n) is 14.1. The van der Waals surface area contributed by atoms with Gasteiger partial charge in [0.05, 0.1) is 10.7 Å². The number of ether oxygens (including phenoxy) is 1. The zero-order chi connectivity index (χ0) is 17.4. The molecule has 0 aliphatic rings. The van der Waals surface area contributed by atoms with Gasteiger partial charge in [-0.2, -0.15) is 0 Å². The van der Waals surface area contributed by atoms with Gasteiger partial charge in [-0.25, -0.2) is 0 Å². The molecule has 0 unspecified atom stereocenters. The van der Waals surface area contributed by atoms with Gasteiger partial charge >= 0.3 is 0 Å². The quantitative estimate of drug-likeness (QED) is 0.785. The fourth-order valence-corrected chi connectivity index (χ4v) is 2.39. The molecule has 0 aromatic heterocycles. The van der Waals surface area contributed by atoms with E-state index in [9.17, 15) is 4.79 Å². The minimum atomic E-state index is -0.0467. The van der Waals surface area contributed by atoms with Gasteiger partial charge in [0.2, 0.25) is 5.91 Å². The number of amides is 1. The number of anilines is 1. The lowest BCUT2D eigenvalue weighted by atomic mass is 10.2. The number of likely N-dealkylation sites (N-methyl/N-ethyl adjacent to an activating group) is 1. The fraction of sp³-hybridized carbons (Fsp3) is 0.316. The highest BCUT2D eigenvalue weighted by Gasteiger charge is 2.07.